The maximum Gasteiger partial charge on any atom is 0.251 e. The maximum absolute atomic E-state index is 12.8. The van der Waals surface area contributed by atoms with E-state index in [4.69, 9.17) is 0 Å². The summed E-state index contributed by atoms with van der Waals surface area (Å²) in [6, 6.07) is 11.9. The molecule has 0 spiro atoms. The molecule has 1 amide bonds. The molecule has 29 heavy (non-hydrogen) atoms. The van der Waals surface area contributed by atoms with Crippen LogP contribution in [0.15, 0.2) is 53.6 Å². The van der Waals surface area contributed by atoms with Crippen molar-refractivity contribution in [2.45, 2.75) is 30.6 Å². The number of hydrogen-bond acceptors (Lipinski definition) is 5. The monoisotopic (exact) mass is 413 g/mol. The van der Waals surface area contributed by atoms with Crippen LogP contribution >= 0.6 is 0 Å². The Bertz CT molecular complexity index is 1120. The van der Waals surface area contributed by atoms with E-state index in [9.17, 15) is 13.2 Å². The van der Waals surface area contributed by atoms with Crippen molar-refractivity contribution in [3.8, 4) is 0 Å². The SMILES string of the molecule is O=C(NCCc1nnc2ccccn12)c1cccc(S(=O)(=O)N2CCCCC2)c1. The first-order chi connectivity index (χ1) is 14.1. The van der Waals surface area contributed by atoms with Crippen molar-refractivity contribution < 1.29 is 13.2 Å². The molecule has 0 atom stereocenters. The third kappa shape index (κ3) is 4.15. The van der Waals surface area contributed by atoms with Crippen molar-refractivity contribution in [1.82, 2.24) is 24.2 Å². The van der Waals surface area contributed by atoms with Crippen LogP contribution in [0.4, 0.5) is 0 Å². The van der Waals surface area contributed by atoms with E-state index < -0.39 is 10.0 Å². The summed E-state index contributed by atoms with van der Waals surface area (Å²) in [5, 5.41) is 11.1. The largest absolute Gasteiger partial charge is 0.352 e. The molecule has 0 radical (unpaired) electrons. The number of pyridine rings is 1. The van der Waals surface area contributed by atoms with E-state index in [1.165, 1.54) is 10.4 Å². The number of piperidine rings is 1. The summed E-state index contributed by atoms with van der Waals surface area (Å²) >= 11 is 0. The lowest BCUT2D eigenvalue weighted by Crippen LogP contribution is -2.35. The number of fused-ring (bicyclic) bond motifs is 1. The van der Waals surface area contributed by atoms with Crippen molar-refractivity contribution in [1.29, 1.82) is 0 Å². The Hall–Kier alpha value is -2.78. The number of nitrogens with one attached hydrogen (secondary N) is 1. The van der Waals surface area contributed by atoms with Crippen LogP contribution in [0.25, 0.3) is 5.65 Å². The highest BCUT2D eigenvalue weighted by Crippen LogP contribution is 2.21. The summed E-state index contributed by atoms with van der Waals surface area (Å²) in [7, 11) is -3.57. The molecule has 1 aliphatic heterocycles. The van der Waals surface area contributed by atoms with E-state index in [-0.39, 0.29) is 10.8 Å². The summed E-state index contributed by atoms with van der Waals surface area (Å²) < 4.78 is 29.0. The quantitative estimate of drug-likeness (QED) is 0.666. The van der Waals surface area contributed by atoms with Crippen molar-refractivity contribution in [3.63, 3.8) is 0 Å². The van der Waals surface area contributed by atoms with E-state index >= 15 is 0 Å². The van der Waals surface area contributed by atoms with Crippen molar-refractivity contribution >= 4 is 21.6 Å². The van der Waals surface area contributed by atoms with Gasteiger partial charge < -0.3 is 5.32 Å². The van der Waals surface area contributed by atoms with Crippen LogP contribution in [0.5, 0.6) is 0 Å². The third-order valence-electron chi connectivity index (χ3n) is 5.07. The molecule has 1 fully saturated rings. The van der Waals surface area contributed by atoms with Gasteiger partial charge in [-0.1, -0.05) is 18.6 Å². The average Bonchev–Trinajstić information content (AvgIpc) is 3.17. The Morgan fingerprint density at radius 2 is 1.86 bits per heavy atom. The van der Waals surface area contributed by atoms with Gasteiger partial charge in [0.1, 0.15) is 5.82 Å². The standard InChI is InChI=1S/C20H23N5O3S/c26-20(21-11-10-19-23-22-18-9-2-5-14-25(18)19)16-7-6-8-17(15-16)29(27,28)24-12-3-1-4-13-24/h2,5-9,14-15H,1,3-4,10-13H2,(H,21,26). The second kappa shape index (κ2) is 8.30. The van der Waals surface area contributed by atoms with E-state index in [0.717, 1.165) is 30.7 Å². The molecule has 0 saturated carbocycles. The number of hydrogen-bond donors (Lipinski definition) is 1. The molecule has 3 aromatic rings. The van der Waals surface area contributed by atoms with E-state index in [1.807, 2.05) is 28.8 Å². The normalized spacial score (nSPS) is 15.4. The number of nitrogens with zero attached hydrogens (tertiary/aromatic N) is 4. The fraction of sp³-hybridized carbons (Fsp3) is 0.350. The summed E-state index contributed by atoms with van der Waals surface area (Å²) in [5.74, 6) is 0.442. The molecule has 1 aromatic carbocycles. The molecule has 3 heterocycles. The first kappa shape index (κ1) is 19.5. The van der Waals surface area contributed by atoms with Crippen LogP contribution in [0, 0.1) is 0 Å². The van der Waals surface area contributed by atoms with Gasteiger partial charge in [0.15, 0.2) is 5.65 Å². The maximum atomic E-state index is 12.8. The molecule has 4 rings (SSSR count). The highest BCUT2D eigenvalue weighted by Gasteiger charge is 2.26. The predicted octanol–water partition coefficient (Wildman–Crippen LogP) is 1.88. The molecule has 1 saturated heterocycles. The van der Waals surface area contributed by atoms with Gasteiger partial charge in [0.2, 0.25) is 10.0 Å². The Morgan fingerprint density at radius 3 is 2.69 bits per heavy atom. The minimum absolute atomic E-state index is 0.163. The Kier molecular flexibility index (Phi) is 5.59. The minimum Gasteiger partial charge on any atom is -0.352 e. The zero-order chi connectivity index (χ0) is 20.3. The van der Waals surface area contributed by atoms with Crippen molar-refractivity contribution in [2.75, 3.05) is 19.6 Å². The van der Waals surface area contributed by atoms with Gasteiger partial charge in [0.05, 0.1) is 4.90 Å². The summed E-state index contributed by atoms with van der Waals surface area (Å²) in [6.45, 7) is 1.44. The average molecular weight is 414 g/mol. The van der Waals surface area contributed by atoms with Crippen LogP contribution in [-0.2, 0) is 16.4 Å². The second-order valence-electron chi connectivity index (χ2n) is 7.04. The fourth-order valence-electron chi connectivity index (χ4n) is 3.50. The van der Waals surface area contributed by atoms with Gasteiger partial charge in [-0.25, -0.2) is 8.42 Å². The summed E-state index contributed by atoms with van der Waals surface area (Å²) in [5.41, 5.74) is 1.08. The topological polar surface area (TPSA) is 96.7 Å². The van der Waals surface area contributed by atoms with E-state index in [2.05, 4.69) is 15.5 Å². The molecule has 0 aliphatic carbocycles. The number of rotatable bonds is 6. The zero-order valence-corrected chi connectivity index (χ0v) is 16.8. The van der Waals surface area contributed by atoms with Gasteiger partial charge in [-0.15, -0.1) is 10.2 Å². The first-order valence-corrected chi connectivity index (χ1v) is 11.2. The number of aromatic nitrogens is 3. The predicted molar refractivity (Wildman–Crippen MR) is 108 cm³/mol. The molecule has 2 aromatic heterocycles. The highest BCUT2D eigenvalue weighted by atomic mass is 32.2. The molecule has 152 valence electrons. The smallest absolute Gasteiger partial charge is 0.251 e. The minimum atomic E-state index is -3.57. The second-order valence-corrected chi connectivity index (χ2v) is 8.98. The zero-order valence-electron chi connectivity index (χ0n) is 16.0. The number of sulfonamides is 1. The summed E-state index contributed by atoms with van der Waals surface area (Å²) in [6.07, 6.45) is 5.19. The van der Waals surface area contributed by atoms with Crippen LogP contribution in [0.2, 0.25) is 0 Å². The number of carbonyl (C=O) groups is 1. The Balaban J connectivity index is 1.42. The van der Waals surface area contributed by atoms with E-state index in [0.29, 0.717) is 31.6 Å². The fourth-order valence-corrected chi connectivity index (χ4v) is 5.07. The lowest BCUT2D eigenvalue weighted by molar-refractivity contribution is 0.0953. The highest BCUT2D eigenvalue weighted by molar-refractivity contribution is 7.89. The van der Waals surface area contributed by atoms with Gasteiger partial charge >= 0.3 is 0 Å². The van der Waals surface area contributed by atoms with Crippen LogP contribution < -0.4 is 5.32 Å². The molecule has 0 unspecified atom stereocenters. The molecule has 8 nitrogen and oxygen atoms in total. The number of amides is 1. The lowest BCUT2D eigenvalue weighted by Gasteiger charge is -2.26. The molecule has 9 heteroatoms. The Labute approximate surface area is 169 Å². The third-order valence-corrected chi connectivity index (χ3v) is 6.96. The van der Waals surface area contributed by atoms with Gasteiger partial charge in [-0.2, -0.15) is 4.31 Å². The van der Waals surface area contributed by atoms with Crippen LogP contribution in [0.1, 0.15) is 35.4 Å². The van der Waals surface area contributed by atoms with Crippen LogP contribution in [-0.4, -0.2) is 52.9 Å². The Morgan fingerprint density at radius 1 is 1.03 bits per heavy atom. The molecular formula is C20H23N5O3S. The van der Waals surface area contributed by atoms with Crippen molar-refractivity contribution in [2.24, 2.45) is 0 Å². The van der Waals surface area contributed by atoms with E-state index in [1.54, 1.807) is 18.2 Å². The van der Waals surface area contributed by atoms with Gasteiger partial charge in [-0.05, 0) is 43.2 Å². The number of carbonyl (C=O) groups excluding carboxylic acids is 1. The van der Waals surface area contributed by atoms with Gasteiger partial charge in [-0.3, -0.25) is 9.20 Å². The first-order valence-electron chi connectivity index (χ1n) is 9.73. The number of benzene rings is 1. The molecule has 1 N–H and O–H groups in total. The van der Waals surface area contributed by atoms with Gasteiger partial charge in [0, 0.05) is 37.8 Å². The van der Waals surface area contributed by atoms with Crippen molar-refractivity contribution in [3.05, 3.63) is 60.0 Å². The molecule has 0 bridgehead atoms. The summed E-state index contributed by atoms with van der Waals surface area (Å²) in [4.78, 5) is 12.7. The molecular weight excluding hydrogens is 390 g/mol. The molecule has 1 aliphatic rings. The lowest BCUT2D eigenvalue weighted by atomic mass is 10.2. The van der Waals surface area contributed by atoms with Gasteiger partial charge in [0.25, 0.3) is 5.91 Å². The van der Waals surface area contributed by atoms with Crippen LogP contribution in [0.3, 0.4) is 0 Å².